The highest BCUT2D eigenvalue weighted by molar-refractivity contribution is 14.0. The fraction of sp³-hybridized carbons (Fsp3) is 0.632. The van der Waals surface area contributed by atoms with Crippen molar-refractivity contribution in [2.24, 2.45) is 10.9 Å². The lowest BCUT2D eigenvalue weighted by atomic mass is 10.1. The summed E-state index contributed by atoms with van der Waals surface area (Å²) in [6, 6.07) is 9.53. The van der Waals surface area contributed by atoms with Crippen LogP contribution in [-0.4, -0.2) is 43.6 Å². The largest absolute Gasteiger partial charge is 0.356 e. The molecule has 0 bridgehead atoms. The van der Waals surface area contributed by atoms with Crippen molar-refractivity contribution in [3.05, 3.63) is 35.4 Å². The fourth-order valence-electron chi connectivity index (χ4n) is 3.52. The summed E-state index contributed by atoms with van der Waals surface area (Å²) in [6.45, 7) is 6.61. The van der Waals surface area contributed by atoms with Crippen molar-refractivity contribution in [2.75, 3.05) is 26.7 Å². The highest BCUT2D eigenvalue weighted by Gasteiger charge is 2.34. The second kappa shape index (κ2) is 9.61. The first kappa shape index (κ1) is 19.5. The highest BCUT2D eigenvalue weighted by atomic mass is 127. The predicted octanol–water partition coefficient (Wildman–Crippen LogP) is 3.02. The Kier molecular flexibility index (Phi) is 7.81. The molecular formula is C19H31IN4. The monoisotopic (exact) mass is 442 g/mol. The molecule has 5 heteroatoms. The number of halogens is 1. The van der Waals surface area contributed by atoms with Gasteiger partial charge in [-0.05, 0) is 49.3 Å². The number of nitrogens with zero attached hydrogens (tertiary/aromatic N) is 2. The van der Waals surface area contributed by atoms with Gasteiger partial charge >= 0.3 is 0 Å². The summed E-state index contributed by atoms with van der Waals surface area (Å²) >= 11 is 0. The lowest BCUT2D eigenvalue weighted by Crippen LogP contribution is -2.40. The molecule has 1 saturated carbocycles. The van der Waals surface area contributed by atoms with E-state index >= 15 is 0 Å². The van der Waals surface area contributed by atoms with Crippen LogP contribution in [0.25, 0.3) is 0 Å². The van der Waals surface area contributed by atoms with E-state index in [2.05, 4.69) is 51.7 Å². The Bertz CT molecular complexity index is 542. The van der Waals surface area contributed by atoms with Crippen molar-refractivity contribution < 1.29 is 0 Å². The minimum atomic E-state index is 0. The molecule has 0 radical (unpaired) electrons. The first-order chi connectivity index (χ1) is 11.3. The average molecular weight is 442 g/mol. The number of guanidine groups is 1. The third-order valence-corrected chi connectivity index (χ3v) is 5.11. The molecule has 4 nitrogen and oxygen atoms in total. The molecule has 1 atom stereocenters. The van der Waals surface area contributed by atoms with E-state index in [4.69, 9.17) is 0 Å². The lowest BCUT2D eigenvalue weighted by molar-refractivity contribution is 0.314. The van der Waals surface area contributed by atoms with Gasteiger partial charge in [0.15, 0.2) is 5.96 Å². The van der Waals surface area contributed by atoms with Crippen LogP contribution in [0, 0.1) is 5.92 Å². The number of hydrogen-bond donors (Lipinski definition) is 2. The smallest absolute Gasteiger partial charge is 0.191 e. The Morgan fingerprint density at radius 3 is 2.58 bits per heavy atom. The van der Waals surface area contributed by atoms with E-state index in [9.17, 15) is 0 Å². The highest BCUT2D eigenvalue weighted by Crippen LogP contribution is 2.31. The van der Waals surface area contributed by atoms with Crippen LogP contribution in [0.4, 0.5) is 0 Å². The molecule has 1 aliphatic heterocycles. The van der Waals surface area contributed by atoms with E-state index in [1.165, 1.54) is 43.5 Å². The zero-order valence-corrected chi connectivity index (χ0v) is 17.3. The van der Waals surface area contributed by atoms with Crippen molar-refractivity contribution in [3.63, 3.8) is 0 Å². The van der Waals surface area contributed by atoms with Gasteiger partial charge in [0.1, 0.15) is 0 Å². The van der Waals surface area contributed by atoms with Gasteiger partial charge in [0.05, 0.1) is 0 Å². The molecule has 2 aliphatic rings. The third-order valence-electron chi connectivity index (χ3n) is 5.11. The fourth-order valence-corrected chi connectivity index (χ4v) is 3.52. The summed E-state index contributed by atoms with van der Waals surface area (Å²) in [5.74, 6) is 1.68. The molecule has 1 aromatic rings. The number of aliphatic imine (C=N–C) groups is 1. The molecule has 3 rings (SSSR count). The van der Waals surface area contributed by atoms with E-state index in [1.807, 2.05) is 7.05 Å². The van der Waals surface area contributed by atoms with Crippen molar-refractivity contribution >= 4 is 29.9 Å². The topological polar surface area (TPSA) is 39.7 Å². The molecule has 24 heavy (non-hydrogen) atoms. The number of rotatable bonds is 6. The third kappa shape index (κ3) is 5.34. The maximum Gasteiger partial charge on any atom is 0.191 e. The molecule has 0 spiro atoms. The van der Waals surface area contributed by atoms with Gasteiger partial charge in [-0.25, -0.2) is 0 Å². The van der Waals surface area contributed by atoms with Crippen molar-refractivity contribution in [3.8, 4) is 0 Å². The van der Waals surface area contributed by atoms with E-state index in [0.717, 1.165) is 37.4 Å². The summed E-state index contributed by atoms with van der Waals surface area (Å²) in [7, 11) is 1.85. The molecule has 134 valence electrons. The van der Waals surface area contributed by atoms with Crippen LogP contribution < -0.4 is 10.6 Å². The summed E-state index contributed by atoms with van der Waals surface area (Å²) < 4.78 is 0. The second-order valence-electron chi connectivity index (χ2n) is 6.81. The lowest BCUT2D eigenvalue weighted by Gasteiger charge is -2.17. The number of aryl methyl sites for hydroxylation is 1. The average Bonchev–Trinajstić information content (AvgIpc) is 3.34. The first-order valence-corrected chi connectivity index (χ1v) is 9.05. The van der Waals surface area contributed by atoms with Gasteiger partial charge in [0.25, 0.3) is 0 Å². The van der Waals surface area contributed by atoms with Crippen LogP contribution >= 0.6 is 24.0 Å². The molecule has 1 saturated heterocycles. The molecule has 1 aliphatic carbocycles. The minimum Gasteiger partial charge on any atom is -0.356 e. The van der Waals surface area contributed by atoms with Crippen LogP contribution in [0.15, 0.2) is 29.3 Å². The number of nitrogens with one attached hydrogen (secondary N) is 2. The Balaban J connectivity index is 0.00000208. The molecule has 1 aromatic carbocycles. The first-order valence-electron chi connectivity index (χ1n) is 9.05. The maximum absolute atomic E-state index is 4.37. The van der Waals surface area contributed by atoms with Crippen LogP contribution in [0.1, 0.15) is 37.3 Å². The van der Waals surface area contributed by atoms with Gasteiger partial charge in [0, 0.05) is 32.7 Å². The summed E-state index contributed by atoms with van der Waals surface area (Å²) in [6.07, 6.45) is 5.22. The zero-order chi connectivity index (χ0) is 16.1. The van der Waals surface area contributed by atoms with Gasteiger partial charge in [0.2, 0.25) is 0 Å². The molecule has 1 unspecified atom stereocenters. The Hall–Kier alpha value is -0.820. The van der Waals surface area contributed by atoms with E-state index in [1.54, 1.807) is 0 Å². The SMILES string of the molecule is CCc1ccccc1CNC(=NC)NCC1CCN(C2CC2)C1.I. The van der Waals surface area contributed by atoms with Gasteiger partial charge < -0.3 is 15.5 Å². The normalized spacial score (nSPS) is 21.4. The molecule has 2 N–H and O–H groups in total. The van der Waals surface area contributed by atoms with Gasteiger partial charge in [-0.1, -0.05) is 31.2 Å². The zero-order valence-electron chi connectivity index (χ0n) is 14.9. The van der Waals surface area contributed by atoms with E-state index in [-0.39, 0.29) is 24.0 Å². The van der Waals surface area contributed by atoms with Crippen LogP contribution in [-0.2, 0) is 13.0 Å². The van der Waals surface area contributed by atoms with Crippen molar-refractivity contribution in [1.82, 2.24) is 15.5 Å². The van der Waals surface area contributed by atoms with Crippen molar-refractivity contribution in [2.45, 2.75) is 45.2 Å². The molecule has 0 amide bonds. The Labute approximate surface area is 163 Å². The molecule has 2 fully saturated rings. The second-order valence-corrected chi connectivity index (χ2v) is 6.81. The number of likely N-dealkylation sites (tertiary alicyclic amines) is 1. The van der Waals surface area contributed by atoms with Crippen LogP contribution in [0.5, 0.6) is 0 Å². The summed E-state index contributed by atoms with van der Waals surface area (Å²) in [4.78, 5) is 7.03. The van der Waals surface area contributed by atoms with Crippen LogP contribution in [0.2, 0.25) is 0 Å². The minimum absolute atomic E-state index is 0. The van der Waals surface area contributed by atoms with E-state index in [0.29, 0.717) is 0 Å². The number of benzene rings is 1. The summed E-state index contributed by atoms with van der Waals surface area (Å²) in [5, 5.41) is 6.97. The van der Waals surface area contributed by atoms with Crippen LogP contribution in [0.3, 0.4) is 0 Å². The van der Waals surface area contributed by atoms with Gasteiger partial charge in [-0.3, -0.25) is 4.99 Å². The predicted molar refractivity (Wildman–Crippen MR) is 112 cm³/mol. The molecular weight excluding hydrogens is 411 g/mol. The Morgan fingerprint density at radius 1 is 1.17 bits per heavy atom. The number of hydrogen-bond acceptors (Lipinski definition) is 2. The summed E-state index contributed by atoms with van der Waals surface area (Å²) in [5.41, 5.74) is 2.77. The molecule has 0 aromatic heterocycles. The quantitative estimate of drug-likeness (QED) is 0.404. The van der Waals surface area contributed by atoms with E-state index < -0.39 is 0 Å². The van der Waals surface area contributed by atoms with Crippen molar-refractivity contribution in [1.29, 1.82) is 0 Å². The standard InChI is InChI=1S/C19H30N4.HI/c1-3-16-6-4-5-7-17(16)13-22-19(20-2)21-12-15-10-11-23(14-15)18-8-9-18;/h4-7,15,18H,3,8-14H2,1-2H3,(H2,20,21,22);1H. The molecule has 1 heterocycles. The van der Waals surface area contributed by atoms with Gasteiger partial charge in [-0.2, -0.15) is 0 Å². The maximum atomic E-state index is 4.37. The Morgan fingerprint density at radius 2 is 1.92 bits per heavy atom. The van der Waals surface area contributed by atoms with Gasteiger partial charge in [-0.15, -0.1) is 24.0 Å².